The molecule has 0 aromatic heterocycles. The van der Waals surface area contributed by atoms with Gasteiger partial charge in [0, 0.05) is 19.6 Å². The maximum absolute atomic E-state index is 11.2. The molecule has 3 amide bonds. The highest BCUT2D eigenvalue weighted by Gasteiger charge is 2.11. The Kier molecular flexibility index (Phi) is 8.86. The predicted octanol–water partition coefficient (Wildman–Crippen LogP) is -0.454. The van der Waals surface area contributed by atoms with Crippen molar-refractivity contribution in [3.8, 4) is 0 Å². The molecule has 5 N–H and O–H groups in total. The number of carbonyl (C=O) groups excluding carboxylic acids is 2. The first kappa shape index (κ1) is 17.6. The summed E-state index contributed by atoms with van der Waals surface area (Å²) >= 11 is 0. The largest absolute Gasteiger partial charge is 0.353 e. The quantitative estimate of drug-likeness (QED) is 0.223. The second kappa shape index (κ2) is 9.55. The molecule has 0 aromatic rings. The molecule has 0 aliphatic carbocycles. The van der Waals surface area contributed by atoms with Crippen molar-refractivity contribution >= 4 is 19.5 Å². The van der Waals surface area contributed by atoms with E-state index in [1.807, 2.05) is 0 Å². The number of urea groups is 1. The van der Waals surface area contributed by atoms with Gasteiger partial charge < -0.3 is 25.7 Å². The van der Waals surface area contributed by atoms with Crippen molar-refractivity contribution in [2.24, 2.45) is 0 Å². The molecule has 0 atom stereocenters. The van der Waals surface area contributed by atoms with E-state index in [-0.39, 0.29) is 25.0 Å². The summed E-state index contributed by atoms with van der Waals surface area (Å²) in [5.41, 5.74) is 0. The van der Waals surface area contributed by atoms with E-state index in [0.717, 1.165) is 0 Å². The summed E-state index contributed by atoms with van der Waals surface area (Å²) in [6, 6.07) is -0.402. The summed E-state index contributed by atoms with van der Waals surface area (Å²) < 4.78 is 10.5. The molecule has 19 heavy (non-hydrogen) atoms. The first-order valence-electron chi connectivity index (χ1n) is 5.81. The number of carbonyl (C=O) groups is 2. The molecule has 110 valence electrons. The highest BCUT2D eigenvalue weighted by atomic mass is 31.2. The van der Waals surface area contributed by atoms with Gasteiger partial charge in [0.05, 0.1) is 6.16 Å². The first-order valence-corrected chi connectivity index (χ1v) is 7.61. The lowest BCUT2D eigenvalue weighted by Crippen LogP contribution is -2.37. The Morgan fingerprint density at radius 1 is 1.05 bits per heavy atom. The second-order valence-electron chi connectivity index (χ2n) is 3.77. The molecular formula is C10H20N3O5P. The van der Waals surface area contributed by atoms with Crippen LogP contribution in [0.15, 0.2) is 12.7 Å². The molecule has 0 aliphatic rings. The summed E-state index contributed by atoms with van der Waals surface area (Å²) in [4.78, 5) is 39.2. The number of amides is 3. The van der Waals surface area contributed by atoms with E-state index in [9.17, 15) is 14.2 Å². The average Bonchev–Trinajstić information content (AvgIpc) is 2.32. The lowest BCUT2D eigenvalue weighted by atomic mass is 10.4. The smallest absolute Gasteiger partial charge is 0.325 e. The number of nitrogens with one attached hydrogen (secondary N) is 3. The minimum Gasteiger partial charge on any atom is -0.353 e. The molecule has 0 aromatic carbocycles. The van der Waals surface area contributed by atoms with E-state index in [1.165, 1.54) is 6.08 Å². The fourth-order valence-corrected chi connectivity index (χ4v) is 1.69. The van der Waals surface area contributed by atoms with Gasteiger partial charge in [-0.25, -0.2) is 4.79 Å². The predicted molar refractivity (Wildman–Crippen MR) is 70.8 cm³/mol. The Hall–Kier alpha value is -1.37. The zero-order chi connectivity index (χ0) is 14.7. The van der Waals surface area contributed by atoms with Gasteiger partial charge in [0.15, 0.2) is 0 Å². The van der Waals surface area contributed by atoms with E-state index >= 15 is 0 Å². The third-order valence-electron chi connectivity index (χ3n) is 2.04. The Bertz CT molecular complexity index is 355. The molecule has 0 heterocycles. The van der Waals surface area contributed by atoms with E-state index < -0.39 is 13.6 Å². The summed E-state index contributed by atoms with van der Waals surface area (Å²) in [7, 11) is -3.99. The van der Waals surface area contributed by atoms with Crippen molar-refractivity contribution in [3.05, 3.63) is 12.7 Å². The molecule has 0 saturated heterocycles. The lowest BCUT2D eigenvalue weighted by molar-refractivity contribution is -0.116. The molecule has 8 nitrogen and oxygen atoms in total. The van der Waals surface area contributed by atoms with E-state index in [1.54, 1.807) is 0 Å². The van der Waals surface area contributed by atoms with Gasteiger partial charge in [-0.15, -0.1) is 0 Å². The van der Waals surface area contributed by atoms with Gasteiger partial charge in [0.1, 0.15) is 0 Å². The Morgan fingerprint density at radius 3 is 2.11 bits per heavy atom. The average molecular weight is 293 g/mol. The van der Waals surface area contributed by atoms with E-state index in [4.69, 9.17) is 9.79 Å². The third-order valence-corrected chi connectivity index (χ3v) is 2.93. The fourth-order valence-electron chi connectivity index (χ4n) is 1.12. The van der Waals surface area contributed by atoms with Crippen LogP contribution in [0.1, 0.15) is 12.8 Å². The molecule has 9 heteroatoms. The lowest BCUT2D eigenvalue weighted by Gasteiger charge is -2.08. The highest BCUT2D eigenvalue weighted by Crippen LogP contribution is 2.34. The van der Waals surface area contributed by atoms with Crippen LogP contribution in [0, 0.1) is 0 Å². The fraction of sp³-hybridized carbons (Fsp3) is 0.600. The summed E-state index contributed by atoms with van der Waals surface area (Å²) in [6.07, 6.45) is 1.71. The molecule has 0 rings (SSSR count). The number of rotatable bonds is 9. The molecule has 0 bridgehead atoms. The van der Waals surface area contributed by atoms with Gasteiger partial charge in [-0.1, -0.05) is 6.58 Å². The van der Waals surface area contributed by atoms with Crippen molar-refractivity contribution in [1.29, 1.82) is 0 Å². The van der Waals surface area contributed by atoms with Crippen LogP contribution in [0.25, 0.3) is 0 Å². The molecule has 0 spiro atoms. The molecular weight excluding hydrogens is 273 g/mol. The third kappa shape index (κ3) is 12.9. The summed E-state index contributed by atoms with van der Waals surface area (Å²) in [5, 5.41) is 7.58. The Balaban J connectivity index is 3.42. The number of hydrogen-bond acceptors (Lipinski definition) is 3. The van der Waals surface area contributed by atoms with Gasteiger partial charge in [-0.05, 0) is 18.9 Å². The molecule has 0 radical (unpaired) electrons. The zero-order valence-electron chi connectivity index (χ0n) is 10.6. The van der Waals surface area contributed by atoms with Crippen LogP contribution >= 0.6 is 7.60 Å². The van der Waals surface area contributed by atoms with Crippen LogP contribution in [-0.2, 0) is 9.36 Å². The van der Waals surface area contributed by atoms with Crippen molar-refractivity contribution in [2.75, 3.05) is 25.8 Å². The van der Waals surface area contributed by atoms with Crippen LogP contribution in [-0.4, -0.2) is 47.5 Å². The van der Waals surface area contributed by atoms with Crippen molar-refractivity contribution in [2.45, 2.75) is 12.8 Å². The first-order chi connectivity index (χ1) is 8.85. The molecule has 0 saturated carbocycles. The van der Waals surface area contributed by atoms with Crippen LogP contribution in [0.5, 0.6) is 0 Å². The number of hydrogen-bond donors (Lipinski definition) is 5. The molecule has 0 aliphatic heterocycles. The van der Waals surface area contributed by atoms with Gasteiger partial charge in [-0.2, -0.15) is 0 Å². The molecule has 0 fully saturated rings. The second-order valence-corrected chi connectivity index (χ2v) is 5.55. The van der Waals surface area contributed by atoms with Gasteiger partial charge in [-0.3, -0.25) is 9.36 Å². The summed E-state index contributed by atoms with van der Waals surface area (Å²) in [6.45, 7) is 4.32. The maximum atomic E-state index is 11.2. The van der Waals surface area contributed by atoms with Gasteiger partial charge in [0.25, 0.3) is 0 Å². The van der Waals surface area contributed by atoms with E-state index in [0.29, 0.717) is 19.5 Å². The summed E-state index contributed by atoms with van der Waals surface area (Å²) in [5.74, 6) is -0.262. The highest BCUT2D eigenvalue weighted by molar-refractivity contribution is 7.51. The van der Waals surface area contributed by atoms with Gasteiger partial charge in [0.2, 0.25) is 5.91 Å². The van der Waals surface area contributed by atoms with Crippen LogP contribution < -0.4 is 16.0 Å². The van der Waals surface area contributed by atoms with Crippen molar-refractivity contribution in [1.82, 2.24) is 16.0 Å². The van der Waals surface area contributed by atoms with Crippen LogP contribution in [0.2, 0.25) is 0 Å². The van der Waals surface area contributed by atoms with Crippen LogP contribution in [0.3, 0.4) is 0 Å². The Morgan fingerprint density at radius 2 is 1.58 bits per heavy atom. The maximum Gasteiger partial charge on any atom is 0.325 e. The zero-order valence-corrected chi connectivity index (χ0v) is 11.5. The normalized spacial score (nSPS) is 10.6. The van der Waals surface area contributed by atoms with Crippen molar-refractivity contribution in [3.63, 3.8) is 0 Å². The minimum atomic E-state index is -3.99. The monoisotopic (exact) mass is 293 g/mol. The van der Waals surface area contributed by atoms with Gasteiger partial charge >= 0.3 is 13.6 Å². The Labute approximate surface area is 111 Å². The molecule has 0 unspecified atom stereocenters. The SMILES string of the molecule is C=CC(=O)NCCCNC(=O)NCCCP(=O)(O)O. The van der Waals surface area contributed by atoms with Crippen molar-refractivity contribution < 1.29 is 23.9 Å². The standard InChI is InChI=1S/C10H20N3O5P/c1-2-9(14)11-5-3-6-12-10(15)13-7-4-8-19(16,17)18/h2H,1,3-8H2,(H,11,14)(H2,12,13,15)(H2,16,17,18). The van der Waals surface area contributed by atoms with Crippen LogP contribution in [0.4, 0.5) is 4.79 Å². The topological polar surface area (TPSA) is 128 Å². The minimum absolute atomic E-state index is 0.199. The van der Waals surface area contributed by atoms with E-state index in [2.05, 4.69) is 22.5 Å².